The van der Waals surface area contributed by atoms with Crippen LogP contribution in [0.4, 0.5) is 8.78 Å². The summed E-state index contributed by atoms with van der Waals surface area (Å²) in [4.78, 5) is 33.1. The van der Waals surface area contributed by atoms with E-state index in [1.165, 1.54) is 36.3 Å². The van der Waals surface area contributed by atoms with Gasteiger partial charge in [0.05, 0.1) is 28.9 Å². The Labute approximate surface area is 221 Å². The molecule has 0 unspecified atom stereocenters. The van der Waals surface area contributed by atoms with Gasteiger partial charge >= 0.3 is 17.6 Å². The molecule has 1 aromatic carbocycles. The molecule has 38 heavy (non-hydrogen) atoms. The number of ether oxygens (including phenoxy) is 2. The van der Waals surface area contributed by atoms with Crippen molar-refractivity contribution < 1.29 is 37.2 Å². The molecular formula is C24H28F2N3O7PS. The van der Waals surface area contributed by atoms with Crippen LogP contribution in [0.1, 0.15) is 33.6 Å². The number of aliphatic hydroxyl groups excluding tert-OH is 1. The third-order valence-corrected chi connectivity index (χ3v) is 8.23. The van der Waals surface area contributed by atoms with Gasteiger partial charge in [-0.1, -0.05) is 0 Å². The van der Waals surface area contributed by atoms with E-state index in [0.717, 1.165) is 27.5 Å². The Balaban J connectivity index is 1.41. The second-order valence-corrected chi connectivity index (χ2v) is 13.4. The Morgan fingerprint density at radius 3 is 2.63 bits per heavy atom. The maximum atomic E-state index is 14.7. The van der Waals surface area contributed by atoms with Crippen LogP contribution in [-0.4, -0.2) is 63.7 Å². The van der Waals surface area contributed by atoms with Crippen molar-refractivity contribution in [3.63, 3.8) is 0 Å². The molecule has 1 saturated heterocycles. The number of aromatic nitrogens is 3. The zero-order valence-corrected chi connectivity index (χ0v) is 23.1. The van der Waals surface area contributed by atoms with E-state index >= 15 is 0 Å². The maximum Gasteiger partial charge on any atom is 0.350 e. The highest BCUT2D eigenvalue weighted by Crippen LogP contribution is 2.44. The fourth-order valence-corrected chi connectivity index (χ4v) is 5.53. The SMILES string of the molecule is Cc1cc2nc(COC(=O)Cc3ccn([C@@H]4O[C@H](COP(C)(C)=O)[C@@H](O)C4(F)F)c(=O)n3)sc2c(C)c1C. The van der Waals surface area contributed by atoms with Crippen molar-refractivity contribution in [2.75, 3.05) is 19.9 Å². The van der Waals surface area contributed by atoms with Gasteiger partial charge in [-0.3, -0.25) is 13.9 Å². The molecule has 14 heteroatoms. The molecule has 0 spiro atoms. The fourth-order valence-electron chi connectivity index (χ4n) is 4.01. The minimum Gasteiger partial charge on any atom is -0.458 e. The number of thiazole rings is 1. The normalized spacial score (nSPS) is 21.2. The summed E-state index contributed by atoms with van der Waals surface area (Å²) in [5.74, 6) is -4.52. The number of halogens is 2. The summed E-state index contributed by atoms with van der Waals surface area (Å²) >= 11 is 1.43. The number of aryl methyl sites for hydroxylation is 2. The third-order valence-electron chi connectivity index (χ3n) is 6.30. The molecule has 1 aliphatic heterocycles. The quantitative estimate of drug-likeness (QED) is 0.319. The van der Waals surface area contributed by atoms with E-state index in [0.29, 0.717) is 9.57 Å². The number of nitrogens with zero attached hydrogens (tertiary/aromatic N) is 3. The molecule has 0 amide bonds. The molecule has 3 aromatic rings. The van der Waals surface area contributed by atoms with Crippen molar-refractivity contribution in [1.82, 2.24) is 14.5 Å². The van der Waals surface area contributed by atoms with Gasteiger partial charge in [0.15, 0.2) is 13.5 Å². The first-order valence-corrected chi connectivity index (χ1v) is 15.0. The summed E-state index contributed by atoms with van der Waals surface area (Å²) in [6, 6.07) is 3.20. The van der Waals surface area contributed by atoms with Gasteiger partial charge in [0.2, 0.25) is 6.23 Å². The average Bonchev–Trinajstić information content (AvgIpc) is 3.33. The maximum absolute atomic E-state index is 14.7. The van der Waals surface area contributed by atoms with Crippen LogP contribution in [0.5, 0.6) is 0 Å². The molecule has 2 aromatic heterocycles. The number of esters is 1. The van der Waals surface area contributed by atoms with E-state index in [1.807, 2.05) is 26.8 Å². The van der Waals surface area contributed by atoms with Gasteiger partial charge in [-0.15, -0.1) is 11.3 Å². The zero-order chi connectivity index (χ0) is 28.0. The molecule has 3 atom stereocenters. The lowest BCUT2D eigenvalue weighted by Crippen LogP contribution is -2.42. The van der Waals surface area contributed by atoms with Crippen LogP contribution in [0.15, 0.2) is 23.1 Å². The molecule has 0 aliphatic carbocycles. The summed E-state index contributed by atoms with van der Waals surface area (Å²) in [5.41, 5.74) is 3.17. The zero-order valence-electron chi connectivity index (χ0n) is 21.4. The van der Waals surface area contributed by atoms with Crippen molar-refractivity contribution in [2.45, 2.75) is 58.2 Å². The molecule has 206 valence electrons. The lowest BCUT2D eigenvalue weighted by Gasteiger charge is -2.21. The van der Waals surface area contributed by atoms with Gasteiger partial charge in [-0.2, -0.15) is 13.8 Å². The summed E-state index contributed by atoms with van der Waals surface area (Å²) in [5, 5.41) is 10.6. The van der Waals surface area contributed by atoms with Gasteiger partial charge in [0, 0.05) is 19.5 Å². The molecule has 10 nitrogen and oxygen atoms in total. The van der Waals surface area contributed by atoms with Gasteiger partial charge in [-0.05, 0) is 49.6 Å². The Morgan fingerprint density at radius 2 is 1.97 bits per heavy atom. The number of rotatable bonds is 8. The van der Waals surface area contributed by atoms with Gasteiger partial charge in [0.25, 0.3) is 0 Å². The Bertz CT molecular complexity index is 1490. The number of benzene rings is 1. The van der Waals surface area contributed by atoms with Crippen molar-refractivity contribution in [3.05, 3.63) is 56.2 Å². The number of alkyl halides is 2. The van der Waals surface area contributed by atoms with Crippen molar-refractivity contribution in [2.24, 2.45) is 0 Å². The predicted octanol–water partition coefficient (Wildman–Crippen LogP) is 3.51. The highest BCUT2D eigenvalue weighted by atomic mass is 32.1. The predicted molar refractivity (Wildman–Crippen MR) is 136 cm³/mol. The Hall–Kier alpha value is -2.57. The van der Waals surface area contributed by atoms with Crippen molar-refractivity contribution in [3.8, 4) is 0 Å². The number of hydrogen-bond acceptors (Lipinski definition) is 10. The minimum atomic E-state index is -3.85. The summed E-state index contributed by atoms with van der Waals surface area (Å²) in [6.45, 7) is 8.05. The van der Waals surface area contributed by atoms with Crippen LogP contribution in [0.25, 0.3) is 10.2 Å². The van der Waals surface area contributed by atoms with Crippen molar-refractivity contribution >= 4 is 34.9 Å². The second kappa shape index (κ2) is 10.5. The molecule has 1 N–H and O–H groups in total. The number of fused-ring (bicyclic) bond motifs is 1. The van der Waals surface area contributed by atoms with E-state index in [-0.39, 0.29) is 18.7 Å². The van der Waals surface area contributed by atoms with Crippen LogP contribution in [0.3, 0.4) is 0 Å². The standard InChI is InChI=1S/C24H28F2N3O7PS/c1-12-8-16-20(14(3)13(12)2)38-18(28-16)11-34-19(30)9-15-6-7-29(23(32)27-15)22-24(25,26)21(31)17(36-22)10-35-37(4,5)33/h6-8,17,21-22,31H,9-11H2,1-5H3/t17-,21-,22-/m1/s1. The third kappa shape index (κ3) is 5.86. The Kier molecular flexibility index (Phi) is 7.89. The number of hydrogen-bond donors (Lipinski definition) is 1. The van der Waals surface area contributed by atoms with Crippen LogP contribution in [0, 0.1) is 20.8 Å². The fraction of sp³-hybridized carbons (Fsp3) is 0.500. The molecule has 0 bridgehead atoms. The smallest absolute Gasteiger partial charge is 0.350 e. The largest absolute Gasteiger partial charge is 0.458 e. The monoisotopic (exact) mass is 571 g/mol. The van der Waals surface area contributed by atoms with E-state index in [2.05, 4.69) is 9.97 Å². The number of aliphatic hydroxyl groups is 1. The molecule has 0 radical (unpaired) electrons. The molecule has 4 rings (SSSR count). The topological polar surface area (TPSA) is 130 Å². The highest BCUT2D eigenvalue weighted by molar-refractivity contribution is 7.57. The summed E-state index contributed by atoms with van der Waals surface area (Å²) in [7, 11) is -3.01. The van der Waals surface area contributed by atoms with Crippen LogP contribution >= 0.6 is 18.7 Å². The molecule has 3 heterocycles. The van der Waals surface area contributed by atoms with E-state index in [1.54, 1.807) is 0 Å². The van der Waals surface area contributed by atoms with Crippen LogP contribution in [0.2, 0.25) is 0 Å². The summed E-state index contributed by atoms with van der Waals surface area (Å²) < 4.78 is 58.2. The first kappa shape index (κ1) is 28.4. The number of carbonyl (C=O) groups excluding carboxylic acids is 1. The van der Waals surface area contributed by atoms with Gasteiger partial charge in [-0.25, -0.2) is 9.78 Å². The lowest BCUT2D eigenvalue weighted by atomic mass is 10.0. The van der Waals surface area contributed by atoms with Crippen LogP contribution < -0.4 is 5.69 Å². The summed E-state index contributed by atoms with van der Waals surface area (Å²) in [6.07, 6.45) is -5.31. The van der Waals surface area contributed by atoms with E-state index < -0.39 is 50.0 Å². The molecule has 1 aliphatic rings. The van der Waals surface area contributed by atoms with E-state index in [4.69, 9.17) is 14.0 Å². The Morgan fingerprint density at radius 1 is 1.26 bits per heavy atom. The number of carbonyl (C=O) groups is 1. The second-order valence-electron chi connectivity index (χ2n) is 9.54. The first-order valence-electron chi connectivity index (χ1n) is 11.7. The molecule has 1 fully saturated rings. The first-order chi connectivity index (χ1) is 17.7. The lowest BCUT2D eigenvalue weighted by molar-refractivity contribution is -0.144. The average molecular weight is 572 g/mol. The van der Waals surface area contributed by atoms with Gasteiger partial charge in [0.1, 0.15) is 17.7 Å². The highest BCUT2D eigenvalue weighted by Gasteiger charge is 2.59. The van der Waals surface area contributed by atoms with Gasteiger partial charge < -0.3 is 19.1 Å². The molecule has 0 saturated carbocycles. The van der Waals surface area contributed by atoms with Crippen LogP contribution in [-0.2, 0) is 36.4 Å². The van der Waals surface area contributed by atoms with Crippen molar-refractivity contribution in [1.29, 1.82) is 0 Å². The molecular weight excluding hydrogens is 543 g/mol. The van der Waals surface area contributed by atoms with E-state index in [9.17, 15) is 28.0 Å². The minimum absolute atomic E-state index is 0.0160.